The van der Waals surface area contributed by atoms with Crippen molar-refractivity contribution in [2.75, 3.05) is 52.5 Å². The smallest absolute Gasteiger partial charge is 0.137 e. The molecule has 146 valence electrons. The van der Waals surface area contributed by atoms with E-state index in [1.807, 2.05) is 24.3 Å². The van der Waals surface area contributed by atoms with Gasteiger partial charge in [0.15, 0.2) is 0 Å². The van der Waals surface area contributed by atoms with Crippen LogP contribution in [0.3, 0.4) is 0 Å². The van der Waals surface area contributed by atoms with Crippen LogP contribution in [0, 0.1) is 0 Å². The van der Waals surface area contributed by atoms with Crippen molar-refractivity contribution in [1.82, 2.24) is 0 Å². The Morgan fingerprint density at radius 3 is 1.38 bits per heavy atom. The number of nitrogens with one attached hydrogen (secondary N) is 2. The van der Waals surface area contributed by atoms with Gasteiger partial charge in [-0.1, -0.05) is 0 Å². The van der Waals surface area contributed by atoms with Gasteiger partial charge >= 0.3 is 0 Å². The molecule has 2 aliphatic heterocycles. The molecule has 0 aliphatic carbocycles. The molecule has 6 heteroatoms. The average molecular weight is 367 g/mol. The van der Waals surface area contributed by atoms with Gasteiger partial charge in [0.1, 0.15) is 50.0 Å². The number of hydrogen-bond donors (Lipinski definition) is 4. The lowest BCUT2D eigenvalue weighted by Crippen LogP contribution is -3.11. The Labute approximate surface area is 156 Å². The first kappa shape index (κ1) is 19.4. The lowest BCUT2D eigenvalue weighted by Gasteiger charge is -2.18. The summed E-state index contributed by atoms with van der Waals surface area (Å²) in [6.07, 6.45) is 4.19. The van der Waals surface area contributed by atoms with Crippen LogP contribution in [0.25, 0.3) is 0 Å². The SMILES string of the molecule is O[C@H](COc1ccc(OC[C@H](O)C[NH+]2CCCC2)cc1)C[NH+]1CCCC1. The molecule has 0 saturated carbocycles. The third-order valence-electron chi connectivity index (χ3n) is 5.38. The summed E-state index contributed by atoms with van der Waals surface area (Å²) in [6, 6.07) is 7.40. The van der Waals surface area contributed by atoms with E-state index < -0.39 is 12.2 Å². The van der Waals surface area contributed by atoms with Crippen molar-refractivity contribution in [2.45, 2.75) is 37.9 Å². The number of hydrogen-bond acceptors (Lipinski definition) is 4. The van der Waals surface area contributed by atoms with Gasteiger partial charge in [-0.15, -0.1) is 0 Å². The van der Waals surface area contributed by atoms with Gasteiger partial charge < -0.3 is 29.5 Å². The molecule has 0 amide bonds. The van der Waals surface area contributed by atoms with Crippen molar-refractivity contribution in [3.8, 4) is 11.5 Å². The van der Waals surface area contributed by atoms with E-state index in [4.69, 9.17) is 9.47 Å². The summed E-state index contributed by atoms with van der Waals surface area (Å²) in [5, 5.41) is 20.2. The second-order valence-corrected chi connectivity index (χ2v) is 7.72. The third-order valence-corrected chi connectivity index (χ3v) is 5.38. The first-order valence-corrected chi connectivity index (χ1v) is 10.1. The standard InChI is InChI=1S/C20H32N2O4/c23-17(13-21-9-1-2-10-21)15-25-19-5-7-20(8-6-19)26-16-18(24)14-22-11-3-4-12-22/h5-8,17-18,23-24H,1-4,9-16H2/p+2/t17-,18+. The first-order chi connectivity index (χ1) is 12.7. The number of likely N-dealkylation sites (tertiary alicyclic amines) is 2. The molecule has 2 saturated heterocycles. The van der Waals surface area contributed by atoms with E-state index in [1.165, 1.54) is 35.5 Å². The van der Waals surface area contributed by atoms with Gasteiger partial charge in [-0.3, -0.25) is 0 Å². The lowest BCUT2D eigenvalue weighted by atomic mass is 10.3. The Kier molecular flexibility index (Phi) is 7.55. The monoisotopic (exact) mass is 366 g/mol. The maximum atomic E-state index is 10.1. The molecule has 1 aromatic carbocycles. The van der Waals surface area contributed by atoms with E-state index in [1.54, 1.807) is 0 Å². The molecule has 2 heterocycles. The second kappa shape index (κ2) is 10.1. The van der Waals surface area contributed by atoms with E-state index in [0.717, 1.165) is 50.8 Å². The summed E-state index contributed by atoms with van der Waals surface area (Å²) in [5.74, 6) is 1.46. The second-order valence-electron chi connectivity index (χ2n) is 7.72. The van der Waals surface area contributed by atoms with E-state index in [0.29, 0.717) is 13.2 Å². The maximum absolute atomic E-state index is 10.1. The van der Waals surface area contributed by atoms with Gasteiger partial charge in [-0.05, 0) is 24.3 Å². The van der Waals surface area contributed by atoms with Gasteiger partial charge in [0.05, 0.1) is 26.2 Å². The highest BCUT2D eigenvalue weighted by Gasteiger charge is 2.20. The molecular formula is C20H34N2O4+2. The Balaban J connectivity index is 1.33. The zero-order chi connectivity index (χ0) is 18.2. The van der Waals surface area contributed by atoms with Gasteiger partial charge in [0, 0.05) is 25.7 Å². The van der Waals surface area contributed by atoms with Crippen molar-refractivity contribution in [1.29, 1.82) is 0 Å². The van der Waals surface area contributed by atoms with Crippen molar-refractivity contribution in [3.63, 3.8) is 0 Å². The summed E-state index contributed by atoms with van der Waals surface area (Å²) >= 11 is 0. The fourth-order valence-corrected chi connectivity index (χ4v) is 3.96. The molecule has 2 atom stereocenters. The van der Waals surface area contributed by atoms with Crippen LogP contribution < -0.4 is 19.3 Å². The third kappa shape index (κ3) is 6.43. The molecule has 0 bridgehead atoms. The van der Waals surface area contributed by atoms with Crippen LogP contribution in [0.2, 0.25) is 0 Å². The predicted molar refractivity (Wildman–Crippen MR) is 99.0 cm³/mol. The van der Waals surface area contributed by atoms with Crippen molar-refractivity contribution in [2.24, 2.45) is 0 Å². The maximum Gasteiger partial charge on any atom is 0.137 e. The lowest BCUT2D eigenvalue weighted by molar-refractivity contribution is -0.890. The molecule has 1 aromatic rings. The van der Waals surface area contributed by atoms with Crippen LogP contribution in [0.15, 0.2) is 24.3 Å². The van der Waals surface area contributed by atoms with Gasteiger partial charge in [0.2, 0.25) is 0 Å². The quantitative estimate of drug-likeness (QED) is 0.408. The van der Waals surface area contributed by atoms with Crippen LogP contribution in [-0.2, 0) is 0 Å². The van der Waals surface area contributed by atoms with Gasteiger partial charge in [-0.25, -0.2) is 0 Å². The van der Waals surface area contributed by atoms with Gasteiger partial charge in [0.25, 0.3) is 0 Å². The molecule has 0 spiro atoms. The van der Waals surface area contributed by atoms with E-state index in [9.17, 15) is 10.2 Å². The molecule has 26 heavy (non-hydrogen) atoms. The fraction of sp³-hybridized carbons (Fsp3) is 0.700. The summed E-state index contributed by atoms with van der Waals surface area (Å²) in [6.45, 7) is 6.81. The Morgan fingerprint density at radius 1 is 0.692 bits per heavy atom. The average Bonchev–Trinajstić information content (AvgIpc) is 3.33. The Morgan fingerprint density at radius 2 is 1.04 bits per heavy atom. The zero-order valence-corrected chi connectivity index (χ0v) is 15.7. The van der Waals surface area contributed by atoms with E-state index >= 15 is 0 Å². The molecule has 2 aliphatic rings. The highest BCUT2D eigenvalue weighted by atomic mass is 16.5. The molecule has 6 nitrogen and oxygen atoms in total. The number of rotatable bonds is 10. The minimum Gasteiger partial charge on any atom is -0.491 e. The van der Waals surface area contributed by atoms with Crippen LogP contribution in [0.1, 0.15) is 25.7 Å². The molecule has 3 rings (SSSR count). The highest BCUT2D eigenvalue weighted by molar-refractivity contribution is 5.31. The number of quaternary nitrogens is 2. The summed E-state index contributed by atoms with van der Waals surface area (Å²) in [5.41, 5.74) is 0. The number of aliphatic hydroxyl groups excluding tert-OH is 2. The fourth-order valence-electron chi connectivity index (χ4n) is 3.96. The number of ether oxygens (including phenoxy) is 2. The van der Waals surface area contributed by atoms with Crippen molar-refractivity contribution >= 4 is 0 Å². The normalized spacial score (nSPS) is 21.0. The molecule has 4 N–H and O–H groups in total. The minimum atomic E-state index is -0.428. The van der Waals surface area contributed by atoms with Crippen LogP contribution in [-0.4, -0.2) is 74.9 Å². The molecule has 0 radical (unpaired) electrons. The first-order valence-electron chi connectivity index (χ1n) is 10.1. The topological polar surface area (TPSA) is 67.8 Å². The number of aliphatic hydroxyl groups is 2. The molecule has 2 fully saturated rings. The van der Waals surface area contributed by atoms with Crippen molar-refractivity contribution in [3.05, 3.63) is 24.3 Å². The summed E-state index contributed by atoms with van der Waals surface area (Å²) in [4.78, 5) is 2.94. The summed E-state index contributed by atoms with van der Waals surface area (Å²) < 4.78 is 11.4. The van der Waals surface area contributed by atoms with E-state index in [-0.39, 0.29) is 0 Å². The zero-order valence-electron chi connectivity index (χ0n) is 15.7. The number of benzene rings is 1. The molecule has 0 aromatic heterocycles. The van der Waals surface area contributed by atoms with Crippen LogP contribution >= 0.6 is 0 Å². The predicted octanol–water partition coefficient (Wildman–Crippen LogP) is -1.48. The van der Waals surface area contributed by atoms with Crippen molar-refractivity contribution < 1.29 is 29.5 Å². The van der Waals surface area contributed by atoms with Crippen LogP contribution in [0.5, 0.6) is 11.5 Å². The van der Waals surface area contributed by atoms with Gasteiger partial charge in [-0.2, -0.15) is 0 Å². The van der Waals surface area contributed by atoms with Crippen LogP contribution in [0.4, 0.5) is 0 Å². The van der Waals surface area contributed by atoms with E-state index in [2.05, 4.69) is 0 Å². The summed E-state index contributed by atoms with van der Waals surface area (Å²) in [7, 11) is 0. The Hall–Kier alpha value is -1.34. The Bertz CT molecular complexity index is 466. The highest BCUT2D eigenvalue weighted by Crippen LogP contribution is 2.17. The largest absolute Gasteiger partial charge is 0.491 e. The molecule has 0 unspecified atom stereocenters. The molecular weight excluding hydrogens is 332 g/mol. The minimum absolute atomic E-state index is 0.320.